The zero-order valence-electron chi connectivity index (χ0n) is 10.7. The fourth-order valence-corrected chi connectivity index (χ4v) is 3.00. The summed E-state index contributed by atoms with van der Waals surface area (Å²) in [6, 6.07) is 7.89. The van der Waals surface area contributed by atoms with Gasteiger partial charge in [-0.1, -0.05) is 23.7 Å². The van der Waals surface area contributed by atoms with Crippen molar-refractivity contribution < 1.29 is 0 Å². The maximum atomic E-state index is 5.98. The van der Waals surface area contributed by atoms with Crippen molar-refractivity contribution in [3.05, 3.63) is 34.9 Å². The highest BCUT2D eigenvalue weighted by Gasteiger charge is 2.11. The molecule has 0 amide bonds. The standard InChI is InChI=1S/C13H18ClN3S.HI/c14-12-3-1-2-11(10-12)4-5-16-13(15)17-6-8-18-9-7-17;/h1-3,10H,4-9H2,(H2,15,16);1H. The Labute approximate surface area is 141 Å². The van der Waals surface area contributed by atoms with E-state index >= 15 is 0 Å². The lowest BCUT2D eigenvalue weighted by atomic mass is 10.1. The van der Waals surface area contributed by atoms with E-state index in [2.05, 4.69) is 16.0 Å². The molecule has 1 saturated heterocycles. The molecule has 1 aromatic rings. The van der Waals surface area contributed by atoms with E-state index in [1.165, 1.54) is 5.56 Å². The summed E-state index contributed by atoms with van der Waals surface area (Å²) in [5.74, 6) is 2.96. The van der Waals surface area contributed by atoms with Crippen molar-refractivity contribution in [1.82, 2.24) is 4.90 Å². The Kier molecular flexibility index (Phi) is 7.94. The Hall–Kier alpha value is -0.140. The first-order valence-electron chi connectivity index (χ1n) is 6.13. The number of guanidine groups is 1. The van der Waals surface area contributed by atoms with E-state index in [1.807, 2.05) is 30.0 Å². The van der Waals surface area contributed by atoms with Gasteiger partial charge < -0.3 is 10.6 Å². The monoisotopic (exact) mass is 411 g/mol. The second-order valence-electron chi connectivity index (χ2n) is 4.22. The van der Waals surface area contributed by atoms with Crippen molar-refractivity contribution >= 4 is 53.3 Å². The van der Waals surface area contributed by atoms with Crippen LogP contribution in [0.25, 0.3) is 0 Å². The predicted octanol–water partition coefficient (Wildman–Crippen LogP) is 2.86. The fourth-order valence-electron chi connectivity index (χ4n) is 1.88. The average molecular weight is 412 g/mol. The Morgan fingerprint density at radius 1 is 1.37 bits per heavy atom. The minimum Gasteiger partial charge on any atom is -0.370 e. The average Bonchev–Trinajstić information content (AvgIpc) is 2.40. The molecule has 1 aromatic carbocycles. The van der Waals surface area contributed by atoms with Crippen LogP contribution in [-0.4, -0.2) is 42.0 Å². The predicted molar refractivity (Wildman–Crippen MR) is 96.0 cm³/mol. The molecule has 0 saturated carbocycles. The summed E-state index contributed by atoms with van der Waals surface area (Å²) in [7, 11) is 0. The molecule has 0 spiro atoms. The summed E-state index contributed by atoms with van der Waals surface area (Å²) in [6.45, 7) is 2.74. The largest absolute Gasteiger partial charge is 0.370 e. The smallest absolute Gasteiger partial charge is 0.191 e. The lowest BCUT2D eigenvalue weighted by molar-refractivity contribution is 0.456. The van der Waals surface area contributed by atoms with Gasteiger partial charge in [0.25, 0.3) is 0 Å². The van der Waals surface area contributed by atoms with Gasteiger partial charge in [-0.25, -0.2) is 0 Å². The SMILES string of the molecule is I.NC(=NCCc1cccc(Cl)c1)N1CCSCC1. The molecule has 1 aliphatic heterocycles. The number of hydrogen-bond acceptors (Lipinski definition) is 2. The van der Waals surface area contributed by atoms with Gasteiger partial charge in [-0.2, -0.15) is 11.8 Å². The maximum Gasteiger partial charge on any atom is 0.191 e. The summed E-state index contributed by atoms with van der Waals surface area (Å²) >= 11 is 7.91. The molecule has 0 aromatic heterocycles. The Balaban J connectivity index is 0.00000180. The number of aliphatic imine (C=N–C) groups is 1. The number of thioether (sulfide) groups is 1. The lowest BCUT2D eigenvalue weighted by Gasteiger charge is -2.27. The van der Waals surface area contributed by atoms with Gasteiger partial charge in [0.1, 0.15) is 0 Å². The van der Waals surface area contributed by atoms with Gasteiger partial charge in [-0.15, -0.1) is 24.0 Å². The number of hydrogen-bond donors (Lipinski definition) is 1. The van der Waals surface area contributed by atoms with Crippen molar-refractivity contribution in [3.63, 3.8) is 0 Å². The Morgan fingerprint density at radius 2 is 2.11 bits per heavy atom. The van der Waals surface area contributed by atoms with Crippen LogP contribution >= 0.6 is 47.3 Å². The molecule has 0 unspecified atom stereocenters. The number of halogens is 2. The van der Waals surface area contributed by atoms with Gasteiger partial charge in [-0.3, -0.25) is 4.99 Å². The van der Waals surface area contributed by atoms with E-state index < -0.39 is 0 Å². The zero-order valence-corrected chi connectivity index (χ0v) is 14.6. The third-order valence-electron chi connectivity index (χ3n) is 2.90. The first-order chi connectivity index (χ1) is 8.75. The third kappa shape index (κ3) is 5.79. The van der Waals surface area contributed by atoms with Crippen LogP contribution in [0.15, 0.2) is 29.3 Å². The van der Waals surface area contributed by atoms with Crippen molar-refractivity contribution in [3.8, 4) is 0 Å². The van der Waals surface area contributed by atoms with E-state index in [4.69, 9.17) is 17.3 Å². The molecular weight excluding hydrogens is 393 g/mol. The molecule has 3 nitrogen and oxygen atoms in total. The second-order valence-corrected chi connectivity index (χ2v) is 5.88. The van der Waals surface area contributed by atoms with Crippen molar-refractivity contribution in [1.29, 1.82) is 0 Å². The molecule has 1 aliphatic rings. The van der Waals surface area contributed by atoms with Crippen molar-refractivity contribution in [2.45, 2.75) is 6.42 Å². The van der Waals surface area contributed by atoms with E-state index in [0.717, 1.165) is 42.6 Å². The van der Waals surface area contributed by atoms with Crippen LogP contribution in [0, 0.1) is 0 Å². The number of rotatable bonds is 3. The Bertz CT molecular complexity index is 422. The van der Waals surface area contributed by atoms with Crippen LogP contribution in [-0.2, 0) is 6.42 Å². The summed E-state index contributed by atoms with van der Waals surface area (Å²) in [4.78, 5) is 6.60. The van der Waals surface area contributed by atoms with Crippen LogP contribution in [0.1, 0.15) is 5.56 Å². The zero-order chi connectivity index (χ0) is 12.8. The van der Waals surface area contributed by atoms with Crippen LogP contribution in [0.4, 0.5) is 0 Å². The fraction of sp³-hybridized carbons (Fsp3) is 0.462. The molecular formula is C13H19ClIN3S. The molecule has 1 heterocycles. The number of nitrogens with two attached hydrogens (primary N) is 1. The molecule has 0 aliphatic carbocycles. The molecule has 0 atom stereocenters. The van der Waals surface area contributed by atoms with Crippen LogP contribution in [0.3, 0.4) is 0 Å². The lowest BCUT2D eigenvalue weighted by Crippen LogP contribution is -2.42. The van der Waals surface area contributed by atoms with Gasteiger partial charge in [0.05, 0.1) is 0 Å². The summed E-state index contributed by atoms with van der Waals surface area (Å²) in [6.07, 6.45) is 0.879. The topological polar surface area (TPSA) is 41.6 Å². The molecule has 1 fully saturated rings. The molecule has 6 heteroatoms. The molecule has 2 N–H and O–H groups in total. The first-order valence-corrected chi connectivity index (χ1v) is 7.66. The molecule has 19 heavy (non-hydrogen) atoms. The molecule has 106 valence electrons. The van der Waals surface area contributed by atoms with E-state index in [9.17, 15) is 0 Å². The number of benzene rings is 1. The normalized spacial score (nSPS) is 16.1. The first kappa shape index (κ1) is 16.9. The highest BCUT2D eigenvalue weighted by atomic mass is 127. The van der Waals surface area contributed by atoms with E-state index in [1.54, 1.807) is 0 Å². The highest BCUT2D eigenvalue weighted by Crippen LogP contribution is 2.11. The second kappa shape index (κ2) is 8.92. The van der Waals surface area contributed by atoms with Crippen LogP contribution in [0.5, 0.6) is 0 Å². The van der Waals surface area contributed by atoms with Gasteiger partial charge >= 0.3 is 0 Å². The van der Waals surface area contributed by atoms with Crippen molar-refractivity contribution in [2.24, 2.45) is 10.7 Å². The van der Waals surface area contributed by atoms with E-state index in [-0.39, 0.29) is 24.0 Å². The Morgan fingerprint density at radius 3 is 2.79 bits per heavy atom. The quantitative estimate of drug-likeness (QED) is 0.472. The highest BCUT2D eigenvalue weighted by molar-refractivity contribution is 14.0. The van der Waals surface area contributed by atoms with Crippen LogP contribution in [0.2, 0.25) is 5.02 Å². The van der Waals surface area contributed by atoms with E-state index in [0.29, 0.717) is 5.96 Å². The van der Waals surface area contributed by atoms with Gasteiger partial charge in [0, 0.05) is 36.2 Å². The van der Waals surface area contributed by atoms with Gasteiger partial charge in [-0.05, 0) is 24.1 Å². The molecule has 0 radical (unpaired) electrons. The van der Waals surface area contributed by atoms with Gasteiger partial charge in [0.2, 0.25) is 0 Å². The summed E-state index contributed by atoms with van der Waals surface area (Å²) in [5.41, 5.74) is 7.19. The van der Waals surface area contributed by atoms with Crippen molar-refractivity contribution in [2.75, 3.05) is 31.1 Å². The number of nitrogens with zero attached hydrogens (tertiary/aromatic N) is 2. The molecule has 2 rings (SSSR count). The van der Waals surface area contributed by atoms with Crippen LogP contribution < -0.4 is 5.73 Å². The maximum absolute atomic E-state index is 5.98. The minimum atomic E-state index is 0. The third-order valence-corrected chi connectivity index (χ3v) is 4.08. The molecule has 0 bridgehead atoms. The minimum absolute atomic E-state index is 0. The summed E-state index contributed by atoms with van der Waals surface area (Å²) in [5, 5.41) is 0.775. The van der Waals surface area contributed by atoms with Gasteiger partial charge in [0.15, 0.2) is 5.96 Å². The summed E-state index contributed by atoms with van der Waals surface area (Å²) < 4.78 is 0.